The normalized spacial score (nSPS) is 16.0. The number of thioether (sulfide) groups is 2. The molecule has 0 unspecified atom stereocenters. The molecule has 0 bridgehead atoms. The first-order valence-corrected chi connectivity index (χ1v) is 25.5. The van der Waals surface area contributed by atoms with Gasteiger partial charge in [0.25, 0.3) is 11.8 Å². The van der Waals surface area contributed by atoms with Crippen LogP contribution in [-0.2, 0) is 36.0 Å². The lowest BCUT2D eigenvalue weighted by Gasteiger charge is -2.49. The van der Waals surface area contributed by atoms with Gasteiger partial charge in [0.15, 0.2) is 29.3 Å². The number of halogens is 3. The maximum absolute atomic E-state index is 14.7. The summed E-state index contributed by atoms with van der Waals surface area (Å²) in [6.45, 7) is 0.758. The van der Waals surface area contributed by atoms with Gasteiger partial charge in [-0.05, 0) is 40.3 Å². The van der Waals surface area contributed by atoms with Gasteiger partial charge in [-0.15, -0.1) is 34.9 Å². The summed E-state index contributed by atoms with van der Waals surface area (Å²) in [5.74, 6) is -1.47. The Morgan fingerprint density at radius 3 is 1.87 bits per heavy atom. The third-order valence-electron chi connectivity index (χ3n) is 11.8. The third-order valence-corrected chi connectivity index (χ3v) is 14.9. The predicted molar refractivity (Wildman–Crippen MR) is 269 cm³/mol. The molecule has 5 aromatic carbocycles. The van der Waals surface area contributed by atoms with Gasteiger partial charge in [-0.2, -0.15) is 17.7 Å². The summed E-state index contributed by atoms with van der Waals surface area (Å²) in [6, 6.07) is 50.7. The Labute approximate surface area is 420 Å². The Balaban J connectivity index is 0.988. The molecule has 1 saturated heterocycles. The number of pyridine rings is 1. The Morgan fingerprint density at radius 2 is 1.35 bits per heavy atom. The Morgan fingerprint density at radius 1 is 0.817 bits per heavy atom. The first kappa shape index (κ1) is 48.8. The van der Waals surface area contributed by atoms with Crippen molar-refractivity contribution >= 4 is 63.5 Å². The van der Waals surface area contributed by atoms with Crippen LogP contribution in [0.2, 0.25) is 0 Å². The molecule has 0 saturated carbocycles. The van der Waals surface area contributed by atoms with Crippen molar-refractivity contribution in [2.45, 2.75) is 47.6 Å². The van der Waals surface area contributed by atoms with Crippen LogP contribution in [0.5, 0.6) is 0 Å². The van der Waals surface area contributed by atoms with Crippen molar-refractivity contribution in [3.05, 3.63) is 226 Å². The quantitative estimate of drug-likeness (QED) is 0.0164. The van der Waals surface area contributed by atoms with E-state index in [4.69, 9.17) is 14.6 Å². The number of oxime groups is 1. The average molecular weight is 1010 g/mol. The van der Waals surface area contributed by atoms with Crippen LogP contribution in [-0.4, -0.2) is 69.1 Å². The molecule has 360 valence electrons. The van der Waals surface area contributed by atoms with Crippen LogP contribution in [0, 0.1) is 0 Å². The van der Waals surface area contributed by atoms with Crippen LogP contribution in [0.1, 0.15) is 46.5 Å². The zero-order valence-corrected chi connectivity index (χ0v) is 40.5. The number of alkyl halides is 3. The maximum Gasteiger partial charge on any atom is 0.448 e. The summed E-state index contributed by atoms with van der Waals surface area (Å²) in [5, 5.41) is 12.3. The summed E-state index contributed by atoms with van der Waals surface area (Å²) >= 11 is 3.97. The largest absolute Gasteiger partial charge is 0.448 e. The number of fused-ring (bicyclic) bond motifs is 1. The molecule has 9 rings (SSSR count). The van der Waals surface area contributed by atoms with E-state index in [1.165, 1.54) is 52.2 Å². The van der Waals surface area contributed by atoms with E-state index >= 15 is 0 Å². The van der Waals surface area contributed by atoms with Crippen molar-refractivity contribution in [3.8, 4) is 0 Å². The van der Waals surface area contributed by atoms with E-state index in [1.54, 1.807) is 24.4 Å². The van der Waals surface area contributed by atoms with Gasteiger partial charge < -0.3 is 20.2 Å². The number of ether oxygens (including phenoxy) is 1. The second-order valence-corrected chi connectivity index (χ2v) is 19.4. The Kier molecular flexibility index (Phi) is 15.0. The molecule has 2 amide bonds. The molecule has 2 aromatic heterocycles. The molecule has 2 atom stereocenters. The molecule has 1 fully saturated rings. The standard InChI is InChI=1S/C54H45F3N6O5S3/c1-2-67-61-44(43-34-71-52(58-43)60-54(39-22-12-5-13-23-39,40-24-14-6-15-25-40)41-26-16-7-17-27-41)48(64)59-45-49(65)63-46(51(66)68-47(36-18-8-3-9-19-36)37-20-10-4-11-21-37)38(33-70-50(45)63)32-69-42-28-30-62(31-29-42)35-53(55,56)57/h3-31,34,45,47,50H,2,32-33,35H2,1H3,(H-,58,59,60,64)/p+1/t45-,50-/m1/s1. The number of carbonyl (C=O) groups is 3. The number of nitrogens with one attached hydrogen (secondary N) is 2. The number of hydrogen-bond acceptors (Lipinski definition) is 11. The van der Waals surface area contributed by atoms with E-state index in [0.717, 1.165) is 21.3 Å². The highest BCUT2D eigenvalue weighted by molar-refractivity contribution is 8.01. The minimum Gasteiger partial charge on any atom is -0.448 e. The second-order valence-electron chi connectivity index (χ2n) is 16.4. The zero-order chi connectivity index (χ0) is 49.4. The molecule has 2 aliphatic heterocycles. The number of β-lactam (4-membered cyclic amide) rings is 1. The molecule has 71 heavy (non-hydrogen) atoms. The van der Waals surface area contributed by atoms with Crippen molar-refractivity contribution in [1.82, 2.24) is 15.2 Å². The molecule has 17 heteroatoms. The van der Waals surface area contributed by atoms with Gasteiger partial charge in [0, 0.05) is 33.9 Å². The van der Waals surface area contributed by atoms with Gasteiger partial charge in [-0.25, -0.2) is 9.78 Å². The molecule has 0 aliphatic carbocycles. The fourth-order valence-corrected chi connectivity index (χ4v) is 11.6. The van der Waals surface area contributed by atoms with Crippen LogP contribution < -0.4 is 15.2 Å². The van der Waals surface area contributed by atoms with Gasteiger partial charge in [0.1, 0.15) is 35.0 Å². The fourth-order valence-electron chi connectivity index (χ4n) is 8.48. The first-order chi connectivity index (χ1) is 34.5. The predicted octanol–water partition coefficient (Wildman–Crippen LogP) is 9.92. The van der Waals surface area contributed by atoms with E-state index in [1.807, 2.05) is 152 Å². The highest BCUT2D eigenvalue weighted by atomic mass is 32.2. The highest BCUT2D eigenvalue weighted by Crippen LogP contribution is 2.44. The van der Waals surface area contributed by atoms with E-state index in [0.29, 0.717) is 26.7 Å². The zero-order valence-electron chi connectivity index (χ0n) is 38.1. The van der Waals surface area contributed by atoms with Crippen LogP contribution in [0.15, 0.2) is 203 Å². The number of anilines is 1. The van der Waals surface area contributed by atoms with Crippen LogP contribution in [0.3, 0.4) is 0 Å². The molecule has 2 aliphatic rings. The van der Waals surface area contributed by atoms with Gasteiger partial charge in [0.2, 0.25) is 6.54 Å². The summed E-state index contributed by atoms with van der Waals surface area (Å²) in [4.78, 5) is 55.9. The van der Waals surface area contributed by atoms with Gasteiger partial charge >= 0.3 is 12.1 Å². The van der Waals surface area contributed by atoms with Crippen molar-refractivity contribution in [2.75, 3.05) is 23.4 Å². The minimum atomic E-state index is -4.38. The summed E-state index contributed by atoms with van der Waals surface area (Å²) in [5.41, 5.74) is 4.12. The van der Waals surface area contributed by atoms with Gasteiger partial charge in [-0.1, -0.05) is 157 Å². The molecule has 7 aromatic rings. The monoisotopic (exact) mass is 1010 g/mol. The fraction of sp³-hybridized carbons (Fsp3) is 0.185. The topological polar surface area (TPSA) is 126 Å². The number of aromatic nitrogens is 2. The first-order valence-electron chi connectivity index (χ1n) is 22.6. The number of esters is 1. The number of hydrogen-bond donors (Lipinski definition) is 2. The lowest BCUT2D eigenvalue weighted by Crippen LogP contribution is -2.71. The maximum atomic E-state index is 14.7. The van der Waals surface area contributed by atoms with Gasteiger partial charge in [0.05, 0.1) is 0 Å². The Bertz CT molecular complexity index is 2890. The van der Waals surface area contributed by atoms with E-state index in [-0.39, 0.29) is 35.2 Å². The number of benzene rings is 5. The Hall–Kier alpha value is -7.21. The van der Waals surface area contributed by atoms with Crippen LogP contribution in [0.4, 0.5) is 18.3 Å². The third kappa shape index (κ3) is 10.9. The van der Waals surface area contributed by atoms with Crippen LogP contribution >= 0.6 is 34.9 Å². The number of amides is 2. The SMILES string of the molecule is CCON=C(C(=O)N[C@@H]1C(=O)N2C(C(=O)OC(c3ccccc3)c3ccccc3)=C(CSc3cc[n+](CC(F)(F)F)cc3)CS[C@H]12)c1csc(NC(c2ccccc2)(c2ccccc2)c2ccccc2)n1. The second kappa shape index (κ2) is 21.8. The van der Waals surface area contributed by atoms with Crippen molar-refractivity contribution in [2.24, 2.45) is 5.16 Å². The van der Waals surface area contributed by atoms with E-state index in [2.05, 4.69) is 15.8 Å². The lowest BCUT2D eigenvalue weighted by molar-refractivity contribution is -0.719. The van der Waals surface area contributed by atoms with Crippen molar-refractivity contribution < 1.29 is 41.7 Å². The summed E-state index contributed by atoms with van der Waals surface area (Å²) in [6.07, 6.45) is -2.51. The van der Waals surface area contributed by atoms with E-state index < -0.39 is 53.6 Å². The molecule has 2 N–H and O–H groups in total. The van der Waals surface area contributed by atoms with E-state index in [9.17, 15) is 27.6 Å². The average Bonchev–Trinajstić information content (AvgIpc) is 3.87. The molecule has 4 heterocycles. The summed E-state index contributed by atoms with van der Waals surface area (Å²) in [7, 11) is 0. The number of nitrogens with zero attached hydrogens (tertiary/aromatic N) is 4. The minimum absolute atomic E-state index is 0.0498. The number of carbonyl (C=O) groups excluding carboxylic acids is 3. The van der Waals surface area contributed by atoms with Crippen molar-refractivity contribution in [1.29, 1.82) is 0 Å². The highest BCUT2D eigenvalue weighted by Gasteiger charge is 2.55. The number of rotatable bonds is 18. The van der Waals surface area contributed by atoms with Gasteiger partial charge in [-0.3, -0.25) is 14.5 Å². The number of thiazole rings is 1. The lowest BCUT2D eigenvalue weighted by atomic mass is 9.77. The molecule has 11 nitrogen and oxygen atoms in total. The molecule has 0 radical (unpaired) electrons. The van der Waals surface area contributed by atoms with Crippen molar-refractivity contribution in [3.63, 3.8) is 0 Å². The molecular weight excluding hydrogens is 966 g/mol. The molecule has 0 spiro atoms. The summed E-state index contributed by atoms with van der Waals surface area (Å²) < 4.78 is 46.6. The smallest absolute Gasteiger partial charge is 0.448 e. The molecular formula is C54H46F3N6O5S3+. The van der Waals surface area contributed by atoms with Crippen LogP contribution in [0.25, 0.3) is 0 Å².